The van der Waals surface area contributed by atoms with Crippen LogP contribution in [0.4, 0.5) is 0 Å². The molecule has 4 heteroatoms. The van der Waals surface area contributed by atoms with Crippen molar-refractivity contribution in [2.75, 3.05) is 26.2 Å². The van der Waals surface area contributed by atoms with E-state index in [9.17, 15) is 4.79 Å². The summed E-state index contributed by atoms with van der Waals surface area (Å²) in [6.07, 6.45) is 7.38. The monoisotopic (exact) mass is 333 g/mol. The molecule has 0 heterocycles. The van der Waals surface area contributed by atoms with E-state index in [4.69, 9.17) is 4.74 Å². The Bertz CT molecular complexity index is 289. The Labute approximate surface area is 143 Å². The van der Waals surface area contributed by atoms with Gasteiger partial charge in [-0.05, 0) is 37.8 Å². The fourth-order valence-corrected chi connectivity index (χ4v) is 3.55. The minimum absolute atomic E-state index is 0. The third-order valence-electron chi connectivity index (χ3n) is 5.23. The molecule has 0 bridgehead atoms. The number of hydrogen-bond acceptors (Lipinski definition) is 3. The first kappa shape index (κ1) is 21.7. The molecule has 0 spiro atoms. The van der Waals surface area contributed by atoms with Crippen LogP contribution in [0.1, 0.15) is 66.2 Å². The van der Waals surface area contributed by atoms with Crippen molar-refractivity contribution in [1.82, 2.24) is 4.90 Å². The van der Waals surface area contributed by atoms with Gasteiger partial charge in [-0.25, -0.2) is 0 Å². The summed E-state index contributed by atoms with van der Waals surface area (Å²) >= 11 is 0. The molecular weight excluding hydrogens is 298 g/mol. The zero-order valence-corrected chi connectivity index (χ0v) is 15.8. The average molecular weight is 334 g/mol. The van der Waals surface area contributed by atoms with Crippen LogP contribution in [0.5, 0.6) is 0 Å². The van der Waals surface area contributed by atoms with Crippen molar-refractivity contribution in [1.29, 1.82) is 0 Å². The summed E-state index contributed by atoms with van der Waals surface area (Å²) in [5, 5.41) is 0. The number of carbonyl (C=O) groups excluding carboxylic acids is 1. The van der Waals surface area contributed by atoms with Crippen molar-refractivity contribution in [3.05, 3.63) is 0 Å². The van der Waals surface area contributed by atoms with E-state index in [1.54, 1.807) is 0 Å². The van der Waals surface area contributed by atoms with Gasteiger partial charge in [0.25, 0.3) is 0 Å². The highest BCUT2D eigenvalue weighted by atomic mass is 35.5. The highest BCUT2D eigenvalue weighted by Crippen LogP contribution is 2.35. The first-order valence-electron chi connectivity index (χ1n) is 9.02. The third kappa shape index (κ3) is 6.87. The minimum atomic E-state index is 0. The summed E-state index contributed by atoms with van der Waals surface area (Å²) in [5.41, 5.74) is 0. The van der Waals surface area contributed by atoms with Crippen LogP contribution in [0.3, 0.4) is 0 Å². The number of carbonyl (C=O) groups is 1. The van der Waals surface area contributed by atoms with Gasteiger partial charge in [-0.1, -0.05) is 53.4 Å². The van der Waals surface area contributed by atoms with Crippen LogP contribution in [0.25, 0.3) is 0 Å². The molecule has 3 nitrogen and oxygen atoms in total. The topological polar surface area (TPSA) is 29.5 Å². The van der Waals surface area contributed by atoms with Crippen LogP contribution >= 0.6 is 12.4 Å². The number of rotatable bonds is 9. The summed E-state index contributed by atoms with van der Waals surface area (Å²) in [4.78, 5) is 14.9. The lowest BCUT2D eigenvalue weighted by Gasteiger charge is -2.32. The van der Waals surface area contributed by atoms with E-state index in [0.29, 0.717) is 18.4 Å². The number of nitrogens with zero attached hydrogens (tertiary/aromatic N) is 1. The normalized spacial score (nSPS) is 18.6. The van der Waals surface area contributed by atoms with Crippen LogP contribution in [0.15, 0.2) is 0 Å². The second-order valence-corrected chi connectivity index (χ2v) is 6.50. The SMILES string of the molecule is CCC(C)C(C(=O)OCCN(CC)CC)C1CCCCC1.Cl. The minimum Gasteiger partial charge on any atom is -0.464 e. The van der Waals surface area contributed by atoms with Crippen molar-refractivity contribution in [3.8, 4) is 0 Å². The van der Waals surface area contributed by atoms with Gasteiger partial charge in [0.15, 0.2) is 0 Å². The van der Waals surface area contributed by atoms with Crippen molar-refractivity contribution >= 4 is 18.4 Å². The molecule has 0 aromatic carbocycles. The second-order valence-electron chi connectivity index (χ2n) is 6.50. The van der Waals surface area contributed by atoms with Gasteiger partial charge in [-0.15, -0.1) is 12.4 Å². The van der Waals surface area contributed by atoms with Gasteiger partial charge in [-0.3, -0.25) is 4.79 Å². The van der Waals surface area contributed by atoms with E-state index >= 15 is 0 Å². The number of hydrogen-bond donors (Lipinski definition) is 0. The Balaban J connectivity index is 0.00000441. The second kappa shape index (κ2) is 12.2. The fourth-order valence-electron chi connectivity index (χ4n) is 3.55. The predicted octanol–water partition coefficient (Wildman–Crippen LogP) is 4.54. The molecule has 0 aromatic rings. The van der Waals surface area contributed by atoms with E-state index in [-0.39, 0.29) is 24.3 Å². The van der Waals surface area contributed by atoms with Gasteiger partial charge in [0.05, 0.1) is 5.92 Å². The molecule has 0 radical (unpaired) electrons. The molecule has 1 aliphatic rings. The zero-order valence-electron chi connectivity index (χ0n) is 15.0. The van der Waals surface area contributed by atoms with Crippen LogP contribution in [0.2, 0.25) is 0 Å². The zero-order chi connectivity index (χ0) is 15.7. The fraction of sp³-hybridized carbons (Fsp3) is 0.944. The van der Waals surface area contributed by atoms with Gasteiger partial charge in [0, 0.05) is 6.54 Å². The maximum atomic E-state index is 12.6. The van der Waals surface area contributed by atoms with Crippen LogP contribution in [-0.2, 0) is 9.53 Å². The first-order chi connectivity index (χ1) is 10.1. The molecular formula is C18H36ClNO2. The summed E-state index contributed by atoms with van der Waals surface area (Å²) in [7, 11) is 0. The highest BCUT2D eigenvalue weighted by Gasteiger charge is 2.34. The van der Waals surface area contributed by atoms with Gasteiger partial charge in [-0.2, -0.15) is 0 Å². The first-order valence-corrected chi connectivity index (χ1v) is 9.02. The van der Waals surface area contributed by atoms with Gasteiger partial charge >= 0.3 is 5.97 Å². The largest absolute Gasteiger partial charge is 0.464 e. The van der Waals surface area contributed by atoms with E-state index in [1.807, 2.05) is 0 Å². The molecule has 1 fully saturated rings. The lowest BCUT2D eigenvalue weighted by Crippen LogP contribution is -2.34. The van der Waals surface area contributed by atoms with Crippen molar-refractivity contribution in [2.24, 2.45) is 17.8 Å². The van der Waals surface area contributed by atoms with Crippen molar-refractivity contribution < 1.29 is 9.53 Å². The van der Waals surface area contributed by atoms with E-state index in [0.717, 1.165) is 26.1 Å². The lowest BCUT2D eigenvalue weighted by atomic mass is 9.74. The molecule has 0 aromatic heterocycles. The quantitative estimate of drug-likeness (QED) is 0.580. The summed E-state index contributed by atoms with van der Waals surface area (Å²) < 4.78 is 5.63. The van der Waals surface area contributed by atoms with Gasteiger partial charge in [0.1, 0.15) is 6.61 Å². The van der Waals surface area contributed by atoms with Crippen LogP contribution in [0, 0.1) is 17.8 Å². The Morgan fingerprint density at radius 3 is 2.23 bits per heavy atom. The molecule has 0 N–H and O–H groups in total. The van der Waals surface area contributed by atoms with Crippen molar-refractivity contribution in [2.45, 2.75) is 66.2 Å². The Morgan fingerprint density at radius 2 is 1.73 bits per heavy atom. The smallest absolute Gasteiger partial charge is 0.309 e. The molecule has 1 aliphatic carbocycles. The third-order valence-corrected chi connectivity index (χ3v) is 5.23. The predicted molar refractivity (Wildman–Crippen MR) is 95.5 cm³/mol. The molecule has 2 unspecified atom stereocenters. The van der Waals surface area contributed by atoms with E-state index < -0.39 is 0 Å². The van der Waals surface area contributed by atoms with Gasteiger partial charge < -0.3 is 9.64 Å². The van der Waals surface area contributed by atoms with E-state index in [1.165, 1.54) is 32.1 Å². The maximum absolute atomic E-state index is 12.6. The van der Waals surface area contributed by atoms with Crippen LogP contribution in [-0.4, -0.2) is 37.1 Å². The molecule has 0 amide bonds. The average Bonchev–Trinajstić information content (AvgIpc) is 2.52. The summed E-state index contributed by atoms with van der Waals surface area (Å²) in [6.45, 7) is 12.1. The Kier molecular flexibility index (Phi) is 12.0. The van der Waals surface area contributed by atoms with Gasteiger partial charge in [0.2, 0.25) is 0 Å². The van der Waals surface area contributed by atoms with Crippen molar-refractivity contribution in [3.63, 3.8) is 0 Å². The Hall–Kier alpha value is -0.280. The lowest BCUT2D eigenvalue weighted by molar-refractivity contribution is -0.153. The number of ether oxygens (including phenoxy) is 1. The number of esters is 1. The maximum Gasteiger partial charge on any atom is 0.309 e. The Morgan fingerprint density at radius 1 is 1.14 bits per heavy atom. The molecule has 0 saturated heterocycles. The molecule has 2 atom stereocenters. The summed E-state index contributed by atoms with van der Waals surface area (Å²) in [5.74, 6) is 1.17. The number of halogens is 1. The van der Waals surface area contributed by atoms with Crippen LogP contribution < -0.4 is 0 Å². The highest BCUT2D eigenvalue weighted by molar-refractivity contribution is 5.85. The molecule has 1 rings (SSSR count). The summed E-state index contributed by atoms with van der Waals surface area (Å²) in [6, 6.07) is 0. The van der Waals surface area contributed by atoms with E-state index in [2.05, 4.69) is 32.6 Å². The molecule has 1 saturated carbocycles. The standard InChI is InChI=1S/C18H35NO2.ClH/c1-5-15(4)17(16-11-9-8-10-12-16)18(20)21-14-13-19(6-2)7-3;/h15-17H,5-14H2,1-4H3;1H. The number of likely N-dealkylation sites (N-methyl/N-ethyl adjacent to an activating group) is 1. The molecule has 132 valence electrons. The molecule has 0 aliphatic heterocycles. The molecule has 22 heavy (non-hydrogen) atoms.